The molecule has 0 unspecified atom stereocenters. The van der Waals surface area contributed by atoms with Gasteiger partial charge in [0.1, 0.15) is 0 Å². The molecule has 1 N–H and O–H groups in total. The van der Waals surface area contributed by atoms with Gasteiger partial charge in [-0.05, 0) is 0 Å². The van der Waals surface area contributed by atoms with Crippen LogP contribution in [0, 0.1) is 21.0 Å². The first-order valence-corrected chi connectivity index (χ1v) is 10.3. The number of halogens is 4. The molecule has 0 spiro atoms. The van der Waals surface area contributed by atoms with E-state index < -0.39 is 15.6 Å². The molecule has 0 saturated carbocycles. The van der Waals surface area contributed by atoms with Gasteiger partial charge in [-0.15, -0.1) is 0 Å². The first-order valence-electron chi connectivity index (χ1n) is 6.75. The van der Waals surface area contributed by atoms with E-state index in [-0.39, 0.29) is 21.2 Å². The van der Waals surface area contributed by atoms with Crippen molar-refractivity contribution in [2.24, 2.45) is 0 Å². The summed E-state index contributed by atoms with van der Waals surface area (Å²) >= 11 is -0.0833. The maximum Gasteiger partial charge on any atom is 0.522 e. The Balaban J connectivity index is 0.000000307. The Labute approximate surface area is 148 Å². The van der Waals surface area contributed by atoms with E-state index in [2.05, 4.69) is 60.9 Å². The topological polar surface area (TPSA) is 72.2 Å². The van der Waals surface area contributed by atoms with Crippen LogP contribution in [0.4, 0.5) is 13.2 Å². The standard InChI is InChI=1S/C13H16IN2.CHF3O3S/c1-4-16-11(3)13(10(2)15-16)14-12-8-6-5-7-9-12;2-1(3,4)8(5,6)7/h5-9H,4H2,1-3H3;(H,5,6,7)/q-1;. The number of alkyl halides is 3. The fourth-order valence-electron chi connectivity index (χ4n) is 1.71. The second kappa shape index (κ2) is 8.30. The van der Waals surface area contributed by atoms with Gasteiger partial charge in [-0.25, -0.2) is 0 Å². The molecule has 0 atom stereocenters. The Kier molecular flexibility index (Phi) is 7.23. The van der Waals surface area contributed by atoms with Crippen molar-refractivity contribution in [3.8, 4) is 0 Å². The number of hydrogen-bond donors (Lipinski definition) is 1. The van der Waals surface area contributed by atoms with Gasteiger partial charge in [0, 0.05) is 0 Å². The van der Waals surface area contributed by atoms with Crippen LogP contribution >= 0.6 is 0 Å². The molecule has 0 saturated heterocycles. The van der Waals surface area contributed by atoms with Crippen LogP contribution < -0.4 is 21.2 Å². The molecule has 0 bridgehead atoms. The molecule has 2 rings (SSSR count). The zero-order valence-corrected chi connectivity index (χ0v) is 16.1. The van der Waals surface area contributed by atoms with Gasteiger partial charge in [0.05, 0.1) is 0 Å². The molecule has 0 aliphatic rings. The molecule has 1 aromatic carbocycles. The van der Waals surface area contributed by atoms with Crippen molar-refractivity contribution in [2.75, 3.05) is 0 Å². The van der Waals surface area contributed by atoms with Crippen molar-refractivity contribution in [2.45, 2.75) is 32.8 Å². The van der Waals surface area contributed by atoms with Crippen molar-refractivity contribution in [3.05, 3.63) is 48.9 Å². The van der Waals surface area contributed by atoms with E-state index in [1.165, 1.54) is 18.5 Å². The van der Waals surface area contributed by atoms with Gasteiger partial charge in [-0.1, -0.05) is 0 Å². The average molecular weight is 477 g/mol. The third-order valence-electron chi connectivity index (χ3n) is 2.82. The molecule has 0 aliphatic carbocycles. The van der Waals surface area contributed by atoms with Crippen LogP contribution in [0.15, 0.2) is 30.3 Å². The van der Waals surface area contributed by atoms with Crippen molar-refractivity contribution in [3.63, 3.8) is 0 Å². The Morgan fingerprint density at radius 2 is 1.71 bits per heavy atom. The summed E-state index contributed by atoms with van der Waals surface area (Å²) in [5.74, 6) is 0. The van der Waals surface area contributed by atoms with E-state index in [0.717, 1.165) is 6.54 Å². The van der Waals surface area contributed by atoms with Crippen molar-refractivity contribution in [1.29, 1.82) is 0 Å². The predicted octanol–water partition coefficient (Wildman–Crippen LogP) is 0.0422. The summed E-state index contributed by atoms with van der Waals surface area (Å²) in [4.78, 5) is 0. The second-order valence-electron chi connectivity index (χ2n) is 4.61. The number of nitrogens with zero attached hydrogens (tertiary/aromatic N) is 2. The number of aromatic nitrogens is 2. The summed E-state index contributed by atoms with van der Waals surface area (Å²) in [6.45, 7) is 7.41. The number of rotatable bonds is 3. The Morgan fingerprint density at radius 1 is 1.21 bits per heavy atom. The van der Waals surface area contributed by atoms with Crippen molar-refractivity contribution in [1.82, 2.24) is 9.78 Å². The normalized spacial score (nSPS) is 12.0. The molecule has 1 aromatic heterocycles. The number of aryl methyl sites for hydroxylation is 2. The van der Waals surface area contributed by atoms with Crippen molar-refractivity contribution >= 4 is 10.1 Å². The summed E-state index contributed by atoms with van der Waals surface area (Å²) in [6, 6.07) is 10.7. The van der Waals surface area contributed by atoms with Gasteiger partial charge in [-0.3, -0.25) is 4.55 Å². The van der Waals surface area contributed by atoms with Crippen LogP contribution in [0.3, 0.4) is 0 Å². The van der Waals surface area contributed by atoms with Crippen molar-refractivity contribution < 1.29 is 47.3 Å². The predicted molar refractivity (Wildman–Crippen MR) is 78.8 cm³/mol. The van der Waals surface area contributed by atoms with Crippen LogP contribution in [-0.2, 0) is 16.7 Å². The van der Waals surface area contributed by atoms with Gasteiger partial charge in [0.15, 0.2) is 0 Å². The fraction of sp³-hybridized carbons (Fsp3) is 0.357. The van der Waals surface area contributed by atoms with E-state index in [1.807, 2.05) is 0 Å². The zero-order chi connectivity index (χ0) is 18.5. The molecular weight excluding hydrogens is 460 g/mol. The van der Waals surface area contributed by atoms with E-state index in [4.69, 9.17) is 13.0 Å². The molecular formula is C14H17F3IN2O3S-. The van der Waals surface area contributed by atoms with E-state index in [1.54, 1.807) is 0 Å². The Morgan fingerprint density at radius 3 is 2.08 bits per heavy atom. The third kappa shape index (κ3) is 5.74. The molecule has 2 aromatic rings. The summed E-state index contributed by atoms with van der Waals surface area (Å²) in [5.41, 5.74) is -2.99. The monoisotopic (exact) mass is 477 g/mol. The second-order valence-corrected chi connectivity index (χ2v) is 8.89. The zero-order valence-electron chi connectivity index (χ0n) is 13.2. The van der Waals surface area contributed by atoms with Crippen LogP contribution in [0.2, 0.25) is 0 Å². The van der Waals surface area contributed by atoms with Gasteiger partial charge in [0.25, 0.3) is 0 Å². The summed E-state index contributed by atoms with van der Waals surface area (Å²) < 4.78 is 62.6. The molecule has 1 heterocycles. The van der Waals surface area contributed by atoms with E-state index in [0.29, 0.717) is 0 Å². The smallest absolute Gasteiger partial charge is 0.279 e. The summed E-state index contributed by atoms with van der Waals surface area (Å²) in [6.07, 6.45) is 0. The molecule has 5 nitrogen and oxygen atoms in total. The maximum atomic E-state index is 10.7. The van der Waals surface area contributed by atoms with E-state index >= 15 is 0 Å². The Bertz CT molecular complexity index is 775. The molecule has 0 aliphatic heterocycles. The van der Waals surface area contributed by atoms with E-state index in [9.17, 15) is 13.2 Å². The molecule has 0 radical (unpaired) electrons. The first kappa shape index (κ1) is 20.9. The first-order chi connectivity index (χ1) is 11.0. The average Bonchev–Trinajstić information content (AvgIpc) is 2.74. The van der Waals surface area contributed by atoms with Crippen LogP contribution in [0.1, 0.15) is 18.3 Å². The summed E-state index contributed by atoms with van der Waals surface area (Å²) in [7, 11) is -5.84. The van der Waals surface area contributed by atoms with Crippen LogP contribution in [-0.4, -0.2) is 28.3 Å². The number of benzene rings is 1. The van der Waals surface area contributed by atoms with Gasteiger partial charge in [-0.2, -0.15) is 21.6 Å². The van der Waals surface area contributed by atoms with Gasteiger partial charge < -0.3 is 0 Å². The SMILES string of the molecule is CCn1nc(C)c([I-]c2ccccc2)c1C.O=S(=O)(O)C(F)(F)F. The minimum atomic E-state index is -5.84. The van der Waals surface area contributed by atoms with Gasteiger partial charge in [0.2, 0.25) is 0 Å². The summed E-state index contributed by atoms with van der Waals surface area (Å²) in [5, 5.41) is 4.57. The minimum Gasteiger partial charge on any atom is -0.279 e. The molecule has 0 fully saturated rings. The minimum absolute atomic E-state index is 0.0833. The third-order valence-corrected chi connectivity index (χ3v) is 6.85. The van der Waals surface area contributed by atoms with Gasteiger partial charge >= 0.3 is 123 Å². The number of hydrogen-bond acceptors (Lipinski definition) is 3. The maximum absolute atomic E-state index is 10.7. The molecule has 136 valence electrons. The molecule has 0 amide bonds. The Hall–Kier alpha value is -1.14. The van der Waals surface area contributed by atoms with Crippen LogP contribution in [0.5, 0.6) is 0 Å². The van der Waals surface area contributed by atoms with Crippen LogP contribution in [0.25, 0.3) is 0 Å². The molecule has 10 heteroatoms. The fourth-order valence-corrected chi connectivity index (χ4v) is 4.27. The molecule has 24 heavy (non-hydrogen) atoms. The quantitative estimate of drug-likeness (QED) is 0.385. The largest absolute Gasteiger partial charge is 0.522 e.